The summed E-state index contributed by atoms with van der Waals surface area (Å²) in [6, 6.07) is 28.9. The van der Waals surface area contributed by atoms with Crippen LogP contribution in [-0.4, -0.2) is 156 Å². The van der Waals surface area contributed by atoms with Gasteiger partial charge in [-0.2, -0.15) is 10.2 Å². The number of nitrogens with zero attached hydrogens (tertiary/aromatic N) is 4. The van der Waals surface area contributed by atoms with Gasteiger partial charge in [-0.25, -0.2) is 44.5 Å². The molecule has 0 atom stereocenters. The van der Waals surface area contributed by atoms with Crippen molar-refractivity contribution in [3.63, 3.8) is 0 Å². The molecule has 0 aliphatic heterocycles. The summed E-state index contributed by atoms with van der Waals surface area (Å²) in [5.41, 5.74) is 4.60. The van der Waals surface area contributed by atoms with Gasteiger partial charge in [0.25, 0.3) is 11.8 Å². The van der Waals surface area contributed by atoms with Crippen LogP contribution in [-0.2, 0) is 54.8 Å². The Hall–Kier alpha value is -8.42. The van der Waals surface area contributed by atoms with E-state index < -0.39 is 85.0 Å². The number of amides is 2. The van der Waals surface area contributed by atoms with Gasteiger partial charge in [0.15, 0.2) is 20.4 Å². The second kappa shape index (κ2) is 38.9. The van der Waals surface area contributed by atoms with E-state index in [0.717, 1.165) is 61.0 Å². The molecule has 0 radical (unpaired) electrons. The van der Waals surface area contributed by atoms with Crippen LogP contribution >= 0.6 is 136 Å². The molecule has 0 aromatic heterocycles. The third-order valence-electron chi connectivity index (χ3n) is 14.7. The number of halogens is 6. The number of hydrogen-bond acceptors (Lipinski definition) is 25. The lowest BCUT2D eigenvalue weighted by molar-refractivity contribution is -0.120. The number of ether oxygens (including phenoxy) is 1. The Balaban J connectivity index is 0.820. The monoisotopic (exact) mass is 1960 g/mol. The maximum Gasteiger partial charge on any atom is 0.260 e. The van der Waals surface area contributed by atoms with Gasteiger partial charge in [0, 0.05) is 68.4 Å². The molecule has 0 aliphatic carbocycles. The molecule has 0 fully saturated rings. The summed E-state index contributed by atoms with van der Waals surface area (Å²) in [7, 11) is -21.0. The van der Waals surface area contributed by atoms with Crippen molar-refractivity contribution in [1.29, 1.82) is 0 Å². The predicted octanol–water partition coefficient (Wildman–Crippen LogP) is 10.8. The minimum Gasteiger partial charge on any atom is -0.744 e. The summed E-state index contributed by atoms with van der Waals surface area (Å²) < 4.78 is 158. The van der Waals surface area contributed by atoms with Gasteiger partial charge in [-0.3, -0.25) is 9.59 Å². The highest BCUT2D eigenvalue weighted by molar-refractivity contribution is 9.11. The fraction of sp³-hybridized carbons (Fsp3) is 0.0909. The highest BCUT2D eigenvalue weighted by atomic mass is 79.9. The van der Waals surface area contributed by atoms with Crippen LogP contribution in [0.3, 0.4) is 0 Å². The molecule has 8 rings (SSSR count). The Bertz CT molecular complexity index is 5270. The minimum atomic E-state index is -5.28. The summed E-state index contributed by atoms with van der Waals surface area (Å²) in [5.74, 6) is -2.76. The van der Waals surface area contributed by atoms with E-state index in [1.54, 1.807) is 0 Å². The van der Waals surface area contributed by atoms with Crippen molar-refractivity contribution in [2.45, 2.75) is 19.6 Å². The van der Waals surface area contributed by atoms with Gasteiger partial charge in [-0.15, -0.1) is 0 Å². The van der Waals surface area contributed by atoms with Crippen LogP contribution in [0.25, 0.3) is 24.3 Å². The number of benzene rings is 8. The van der Waals surface area contributed by atoms with Gasteiger partial charge < -0.3 is 85.1 Å². The van der Waals surface area contributed by atoms with Crippen LogP contribution in [0.5, 0.6) is 23.0 Å². The zero-order valence-electron chi connectivity index (χ0n) is 55.6. The quantitative estimate of drug-likeness (QED) is 0.00541. The van der Waals surface area contributed by atoms with Crippen molar-refractivity contribution in [1.82, 2.24) is 21.5 Å². The molecule has 0 unspecified atom stereocenters. The van der Waals surface area contributed by atoms with E-state index in [-0.39, 0.29) is 144 Å². The summed E-state index contributed by atoms with van der Waals surface area (Å²) >= 11 is 46.6. The van der Waals surface area contributed by atoms with Crippen LogP contribution in [0.2, 0.25) is 10.0 Å². The molecule has 2 amide bonds. The van der Waals surface area contributed by atoms with E-state index in [9.17, 15) is 81.9 Å². The average Bonchev–Trinajstić information content (AvgIpc) is 0.809. The summed E-state index contributed by atoms with van der Waals surface area (Å²) in [5, 5.41) is 65.6. The number of carbonyl (C=O) groups excluding carboxylic acids is 2. The summed E-state index contributed by atoms with van der Waals surface area (Å²) in [6.45, 7) is -0.726. The van der Waals surface area contributed by atoms with Gasteiger partial charge in [-0.1, -0.05) is 71.8 Å². The maximum atomic E-state index is 13.2. The number of rotatable bonds is 28. The number of thiocarbonyl (C=S) groups is 4. The first kappa shape index (κ1) is 88.1. The topological polar surface area (TPSA) is 481 Å². The van der Waals surface area contributed by atoms with Crippen LogP contribution in [0.1, 0.15) is 33.4 Å². The molecule has 8 aromatic rings. The van der Waals surface area contributed by atoms with E-state index in [0.29, 0.717) is 21.4 Å². The van der Waals surface area contributed by atoms with Crippen molar-refractivity contribution in [2.75, 3.05) is 70.5 Å². The average molecular weight is 1960 g/mol. The molecule has 111 heavy (non-hydrogen) atoms. The SMILES string of the molecule is O=C(CN(C(=S)Nc1ccc(/C=C/c2ccc(NC(=S)NCCOCCNC(=S)Nc3ccc(/C=C/c4ccc(NC(=S)N(CC(=O)N/N=C\c5cc(Br)c(O)c(Br)c5O)c5ccc(Cl)cc5)cc4S(=O)(=O)[O-])c(S(=O)(=O)[O-])c3)cc2S(=O)(=O)[O-])c(S(=O)(=O)[O-])c1)c1ccc(Cl)cc1)N/N=C\c1cc(Br)c(O)c(Br)c1O. The number of nitrogens with one attached hydrogen (secondary N) is 8. The van der Waals surface area contributed by atoms with Crippen LogP contribution < -0.4 is 52.6 Å². The largest absolute Gasteiger partial charge is 0.744 e. The number of phenolic OH excluding ortho intramolecular Hbond substituents is 4. The van der Waals surface area contributed by atoms with Crippen molar-refractivity contribution >= 4 is 279 Å². The molecule has 0 bridgehead atoms. The Kier molecular flexibility index (Phi) is 30.9. The van der Waals surface area contributed by atoms with Gasteiger partial charge in [0.05, 0.1) is 54.2 Å². The van der Waals surface area contributed by atoms with E-state index in [2.05, 4.69) is 117 Å². The Morgan fingerprint density at radius 1 is 0.432 bits per heavy atom. The van der Waals surface area contributed by atoms with Crippen molar-refractivity contribution in [3.8, 4) is 23.0 Å². The number of hydrazone groups is 2. The molecule has 45 heteroatoms. The molecular formula is C66H52Br4Cl2N12O19S8-4. The predicted molar refractivity (Wildman–Crippen MR) is 447 cm³/mol. The normalized spacial score (nSPS) is 11.9. The molecule has 0 saturated carbocycles. The van der Waals surface area contributed by atoms with Gasteiger partial charge in [0.1, 0.15) is 85.5 Å². The van der Waals surface area contributed by atoms with Crippen LogP contribution in [0.4, 0.5) is 34.1 Å². The second-order valence-electron chi connectivity index (χ2n) is 22.4. The fourth-order valence-corrected chi connectivity index (χ4v) is 15.8. The third kappa shape index (κ3) is 25.3. The molecule has 0 spiro atoms. The minimum absolute atomic E-state index is 0.0320. The number of hydrogen-bond donors (Lipinski definition) is 12. The molecule has 0 saturated heterocycles. The highest BCUT2D eigenvalue weighted by Gasteiger charge is 2.23. The maximum absolute atomic E-state index is 13.2. The Morgan fingerprint density at radius 3 is 1.01 bits per heavy atom. The first-order valence-corrected chi connectivity index (χ1v) is 41.9. The summed E-state index contributed by atoms with van der Waals surface area (Å²) in [4.78, 5) is 25.9. The first-order chi connectivity index (χ1) is 52.1. The highest BCUT2D eigenvalue weighted by Crippen LogP contribution is 2.42. The zero-order valence-corrected chi connectivity index (χ0v) is 70.0. The number of aromatic hydroxyl groups is 4. The van der Waals surface area contributed by atoms with Crippen LogP contribution in [0, 0.1) is 0 Å². The summed E-state index contributed by atoms with van der Waals surface area (Å²) in [6.07, 6.45) is 6.60. The van der Waals surface area contributed by atoms with Crippen molar-refractivity contribution < 1.29 is 86.6 Å². The molecule has 584 valence electrons. The fourth-order valence-electron chi connectivity index (χ4n) is 9.47. The van der Waals surface area contributed by atoms with E-state index in [1.807, 2.05) is 0 Å². The lowest BCUT2D eigenvalue weighted by Gasteiger charge is -2.25. The number of phenols is 4. The molecule has 31 nitrogen and oxygen atoms in total. The molecule has 12 N–H and O–H groups in total. The third-order valence-corrected chi connectivity index (χ3v) is 22.6. The van der Waals surface area contributed by atoms with Gasteiger partial charge in [0.2, 0.25) is 0 Å². The lowest BCUT2D eigenvalue weighted by Crippen LogP contribution is -2.41. The Morgan fingerprint density at radius 2 is 0.721 bits per heavy atom. The standard InChI is InChI=1S/C66H56Br4Cl2N12O19S8/c67-49-25-39(59(87)57(69)61(49)89)31-75-81-55(85)33-83(47-17-9-41(71)10-18-47)65(106)79-45-15-7-37(53(29-45)110(97,98)99)3-1-35-5-13-43(27-51(35)108(91,92)93)77-63(104)73-21-23-103-24-22-74-64(105)78-44-14-6-36(52(28-44)109(94,95)96)2-4-38-8-16-46(30-54(38)111(100,101)102)80-66(107)84(48-19-11-42(72)12-20-48)34-56(86)82-76-32-40-26-50(68)62(90)58(70)60(40)88/h1-20,25-32,87-90H,21-24,33-34H2,(H,79,106)(H,80,107)(H,81,85)(H,82,86)(H2,73,77,104)(H2,74,78,105)(H,91,92,93)(H,94,95,96)(H,97,98,99)(H,100,101,102)/p-4/b3-1+,4-2+,75-31-,76-32-. The van der Waals surface area contributed by atoms with E-state index in [4.69, 9.17) is 76.8 Å². The molecule has 0 aliphatic rings. The Labute approximate surface area is 698 Å². The molecule has 8 aromatic carbocycles. The van der Waals surface area contributed by atoms with Crippen molar-refractivity contribution in [3.05, 3.63) is 195 Å². The first-order valence-electron chi connectivity index (χ1n) is 30.7. The van der Waals surface area contributed by atoms with Gasteiger partial charge in [-0.05, 0) is 244 Å². The van der Waals surface area contributed by atoms with E-state index >= 15 is 0 Å². The number of carbonyl (C=O) groups is 2. The van der Waals surface area contributed by atoms with Crippen molar-refractivity contribution in [2.24, 2.45) is 10.2 Å². The van der Waals surface area contributed by atoms with Gasteiger partial charge >= 0.3 is 0 Å². The molecule has 0 heterocycles. The van der Waals surface area contributed by atoms with Crippen LogP contribution in [0.15, 0.2) is 181 Å². The second-order valence-corrected chi connectivity index (χ2v) is 33.5. The number of anilines is 6. The smallest absolute Gasteiger partial charge is 0.260 e. The lowest BCUT2D eigenvalue weighted by atomic mass is 10.1. The molecular weight excluding hydrogens is 1910 g/mol. The van der Waals surface area contributed by atoms with E-state index in [1.165, 1.54) is 119 Å². The zero-order chi connectivity index (χ0) is 81.4.